The third-order valence-electron chi connectivity index (χ3n) is 5.51. The Morgan fingerprint density at radius 1 is 1.36 bits per heavy atom. The number of anilines is 1. The second-order valence-electron chi connectivity index (χ2n) is 7.56. The van der Waals surface area contributed by atoms with Crippen molar-refractivity contribution in [2.75, 3.05) is 5.32 Å². The number of carbonyl (C=O) groups excluding carboxylic acids is 1. The van der Waals surface area contributed by atoms with E-state index in [0.29, 0.717) is 17.5 Å². The lowest BCUT2D eigenvalue weighted by atomic mass is 9.81. The zero-order valence-electron chi connectivity index (χ0n) is 15.4. The molecule has 1 fully saturated rings. The molecule has 5 rings (SSSR count). The molecule has 1 aromatic carbocycles. The van der Waals surface area contributed by atoms with E-state index in [2.05, 4.69) is 58.6 Å². The molecule has 4 atom stereocenters. The highest BCUT2D eigenvalue weighted by Crippen LogP contribution is 2.38. The number of amides is 1. The van der Waals surface area contributed by atoms with E-state index in [1.807, 2.05) is 18.5 Å². The Morgan fingerprint density at radius 2 is 2.21 bits per heavy atom. The van der Waals surface area contributed by atoms with Gasteiger partial charge in [0, 0.05) is 18.3 Å². The first-order valence-corrected chi connectivity index (χ1v) is 10.3. The van der Waals surface area contributed by atoms with Gasteiger partial charge >= 0.3 is 0 Å². The number of nitrogens with one attached hydrogen (secondary N) is 2. The highest BCUT2D eigenvalue weighted by molar-refractivity contribution is 7.22. The molecule has 0 spiro atoms. The minimum Gasteiger partial charge on any atom is -0.367 e. The van der Waals surface area contributed by atoms with Crippen molar-refractivity contribution in [2.24, 2.45) is 11.8 Å². The van der Waals surface area contributed by atoms with Gasteiger partial charge in [-0.25, -0.2) is 9.37 Å². The SMILES string of the molecule is CC1C=CC(c2cc[nH]c2)=CC1c1ccc2nc(NC(=O)C3C[C@@H]3F)sc2c1. The summed E-state index contributed by atoms with van der Waals surface area (Å²) in [5, 5.41) is 3.30. The molecule has 2 aliphatic carbocycles. The van der Waals surface area contributed by atoms with Crippen molar-refractivity contribution in [3.8, 4) is 0 Å². The molecule has 2 heterocycles. The highest BCUT2D eigenvalue weighted by atomic mass is 32.1. The van der Waals surface area contributed by atoms with E-state index in [0.717, 1.165) is 10.2 Å². The van der Waals surface area contributed by atoms with Gasteiger partial charge in [0.15, 0.2) is 5.13 Å². The maximum Gasteiger partial charge on any atom is 0.232 e. The average Bonchev–Trinajstić information content (AvgIpc) is 3.09. The summed E-state index contributed by atoms with van der Waals surface area (Å²) in [6.45, 7) is 2.22. The van der Waals surface area contributed by atoms with E-state index >= 15 is 0 Å². The number of H-pyrrole nitrogens is 1. The molecule has 4 nitrogen and oxygen atoms in total. The number of hydrogen-bond acceptors (Lipinski definition) is 3. The summed E-state index contributed by atoms with van der Waals surface area (Å²) in [5.41, 5.74) is 4.48. The van der Waals surface area contributed by atoms with Crippen LogP contribution in [0.5, 0.6) is 0 Å². The van der Waals surface area contributed by atoms with Crippen molar-refractivity contribution >= 4 is 38.2 Å². The predicted octanol–water partition coefficient (Wildman–Crippen LogP) is 5.29. The molecule has 3 unspecified atom stereocenters. The second-order valence-corrected chi connectivity index (χ2v) is 8.59. The van der Waals surface area contributed by atoms with Crippen molar-refractivity contribution in [3.63, 3.8) is 0 Å². The summed E-state index contributed by atoms with van der Waals surface area (Å²) in [7, 11) is 0. The fourth-order valence-electron chi connectivity index (χ4n) is 3.71. The van der Waals surface area contributed by atoms with Crippen LogP contribution in [-0.2, 0) is 4.79 Å². The monoisotopic (exact) mass is 393 g/mol. The van der Waals surface area contributed by atoms with Gasteiger partial charge in [-0.3, -0.25) is 4.79 Å². The Hall–Kier alpha value is -2.73. The van der Waals surface area contributed by atoms with Gasteiger partial charge in [-0.05, 0) is 47.2 Å². The fraction of sp³-hybridized carbons (Fsp3) is 0.273. The van der Waals surface area contributed by atoms with E-state index in [1.54, 1.807) is 0 Å². The fourth-order valence-corrected chi connectivity index (χ4v) is 4.62. The molecule has 2 aromatic heterocycles. The van der Waals surface area contributed by atoms with Crippen LogP contribution in [0.2, 0.25) is 0 Å². The number of fused-ring (bicyclic) bond motifs is 1. The lowest BCUT2D eigenvalue weighted by Gasteiger charge is -2.23. The first kappa shape index (κ1) is 17.4. The molecule has 0 bridgehead atoms. The lowest BCUT2D eigenvalue weighted by Crippen LogP contribution is -2.14. The van der Waals surface area contributed by atoms with Gasteiger partial charge in [-0.2, -0.15) is 0 Å². The van der Waals surface area contributed by atoms with Gasteiger partial charge in [-0.15, -0.1) is 0 Å². The minimum absolute atomic E-state index is 0.267. The quantitative estimate of drug-likeness (QED) is 0.632. The Kier molecular flexibility index (Phi) is 4.16. The van der Waals surface area contributed by atoms with Crippen LogP contribution < -0.4 is 5.32 Å². The van der Waals surface area contributed by atoms with Crippen LogP contribution in [0.3, 0.4) is 0 Å². The van der Waals surface area contributed by atoms with Gasteiger partial charge < -0.3 is 10.3 Å². The van der Waals surface area contributed by atoms with E-state index < -0.39 is 12.1 Å². The van der Waals surface area contributed by atoms with Gasteiger partial charge in [-0.1, -0.05) is 42.6 Å². The Labute approximate surface area is 166 Å². The molecule has 2 aliphatic rings. The van der Waals surface area contributed by atoms with Crippen LogP contribution in [0, 0.1) is 11.8 Å². The number of thiazole rings is 1. The number of aromatic nitrogens is 2. The molecule has 6 heteroatoms. The Bertz CT molecular complexity index is 1100. The van der Waals surface area contributed by atoms with Gasteiger partial charge in [0.2, 0.25) is 5.91 Å². The molecule has 2 N–H and O–H groups in total. The first-order chi connectivity index (χ1) is 13.6. The highest BCUT2D eigenvalue weighted by Gasteiger charge is 2.43. The molecule has 0 radical (unpaired) electrons. The summed E-state index contributed by atoms with van der Waals surface area (Å²) in [4.78, 5) is 19.6. The van der Waals surface area contributed by atoms with Crippen molar-refractivity contribution < 1.29 is 9.18 Å². The Morgan fingerprint density at radius 3 is 2.96 bits per heavy atom. The van der Waals surface area contributed by atoms with Crippen LogP contribution in [0.1, 0.15) is 30.4 Å². The third kappa shape index (κ3) is 3.18. The number of carbonyl (C=O) groups is 1. The van der Waals surface area contributed by atoms with E-state index in [4.69, 9.17) is 0 Å². The number of rotatable bonds is 4. The second kappa shape index (κ2) is 6.71. The molecule has 0 aliphatic heterocycles. The largest absolute Gasteiger partial charge is 0.367 e. The Balaban J connectivity index is 1.42. The number of halogens is 1. The zero-order chi connectivity index (χ0) is 19.3. The molecular weight excluding hydrogens is 373 g/mol. The summed E-state index contributed by atoms with van der Waals surface area (Å²) < 4.78 is 14.1. The number of aromatic amines is 1. The number of alkyl halides is 1. The van der Waals surface area contributed by atoms with Crippen LogP contribution >= 0.6 is 11.3 Å². The molecule has 1 saturated carbocycles. The molecule has 0 saturated heterocycles. The van der Waals surface area contributed by atoms with Gasteiger partial charge in [0.05, 0.1) is 16.1 Å². The number of allylic oxidation sites excluding steroid dienone is 4. The number of hydrogen-bond donors (Lipinski definition) is 2. The van der Waals surface area contributed by atoms with Crippen molar-refractivity contribution in [3.05, 3.63) is 66.0 Å². The summed E-state index contributed by atoms with van der Waals surface area (Å²) in [5.74, 6) is -0.104. The first-order valence-electron chi connectivity index (χ1n) is 9.47. The summed E-state index contributed by atoms with van der Waals surface area (Å²) >= 11 is 1.44. The predicted molar refractivity (Wildman–Crippen MR) is 111 cm³/mol. The molecule has 28 heavy (non-hydrogen) atoms. The molecule has 142 valence electrons. The van der Waals surface area contributed by atoms with Gasteiger partial charge in [0.1, 0.15) is 6.17 Å². The number of nitrogens with zero attached hydrogens (tertiary/aromatic N) is 1. The minimum atomic E-state index is -0.997. The lowest BCUT2D eigenvalue weighted by molar-refractivity contribution is -0.117. The van der Waals surface area contributed by atoms with Crippen molar-refractivity contribution in [2.45, 2.75) is 25.4 Å². The summed E-state index contributed by atoms with van der Waals surface area (Å²) in [6.07, 6.45) is 10.0. The van der Waals surface area contributed by atoms with Gasteiger partial charge in [0.25, 0.3) is 0 Å². The normalized spacial score (nSPS) is 26.3. The van der Waals surface area contributed by atoms with Crippen LogP contribution in [0.15, 0.2) is 54.9 Å². The molecular formula is C22H20FN3OS. The number of benzene rings is 1. The maximum atomic E-state index is 13.1. The molecule has 3 aromatic rings. The van der Waals surface area contributed by atoms with Crippen LogP contribution in [0.25, 0.3) is 15.8 Å². The van der Waals surface area contributed by atoms with E-state index in [1.165, 1.54) is 28.0 Å². The molecule has 1 amide bonds. The van der Waals surface area contributed by atoms with Crippen molar-refractivity contribution in [1.82, 2.24) is 9.97 Å². The van der Waals surface area contributed by atoms with E-state index in [9.17, 15) is 9.18 Å². The standard InChI is InChI=1S/C22H20FN3OS/c1-12-2-3-13(15-6-7-24-11-15)8-16(12)14-4-5-19-20(9-14)28-22(25-19)26-21(27)17-10-18(17)23/h2-9,11-12,16-18,24H,10H2,1H3,(H,25,26,27)/t12?,16?,17?,18-/m0/s1. The zero-order valence-corrected chi connectivity index (χ0v) is 16.2. The average molecular weight is 393 g/mol. The summed E-state index contributed by atoms with van der Waals surface area (Å²) in [6, 6.07) is 8.34. The van der Waals surface area contributed by atoms with Crippen LogP contribution in [0.4, 0.5) is 9.52 Å². The van der Waals surface area contributed by atoms with Crippen molar-refractivity contribution in [1.29, 1.82) is 0 Å². The third-order valence-corrected chi connectivity index (χ3v) is 6.45. The maximum absolute atomic E-state index is 13.1. The topological polar surface area (TPSA) is 57.8 Å². The van der Waals surface area contributed by atoms with Crippen LogP contribution in [-0.4, -0.2) is 22.0 Å². The van der Waals surface area contributed by atoms with E-state index in [-0.39, 0.29) is 11.8 Å². The smallest absolute Gasteiger partial charge is 0.232 e.